The van der Waals surface area contributed by atoms with E-state index in [0.29, 0.717) is 0 Å². The molecular weight excluding hydrogens is 136 g/mol. The first-order chi connectivity index (χ1) is 5.36. The quantitative estimate of drug-likeness (QED) is 0.692. The summed E-state index contributed by atoms with van der Waals surface area (Å²) in [5.41, 5.74) is 2.43. The molecule has 0 spiro atoms. The highest BCUT2D eigenvalue weighted by Gasteiger charge is 1.91. The molecule has 1 nitrogen and oxygen atoms in total. The van der Waals surface area contributed by atoms with E-state index >= 15 is 0 Å². The number of aliphatic hydroxyl groups is 1. The summed E-state index contributed by atoms with van der Waals surface area (Å²) in [4.78, 5) is 0. The highest BCUT2D eigenvalue weighted by Crippen LogP contribution is 2.04. The van der Waals surface area contributed by atoms with Crippen molar-refractivity contribution < 1.29 is 5.11 Å². The Morgan fingerprint density at radius 2 is 1.64 bits per heavy atom. The van der Waals surface area contributed by atoms with Crippen LogP contribution in [0.2, 0.25) is 0 Å². The first kappa shape index (κ1) is 8.28. The highest BCUT2D eigenvalue weighted by atomic mass is 16.2. The van der Waals surface area contributed by atoms with Crippen LogP contribution in [0.5, 0.6) is 0 Å². The number of rotatable bonds is 3. The Morgan fingerprint density at radius 1 is 1.09 bits per heavy atom. The van der Waals surface area contributed by atoms with Crippen molar-refractivity contribution in [2.24, 2.45) is 0 Å². The monoisotopic (exact) mass is 149 g/mol. The standard InChI is InChI=1S/C10H13O/c1-2-9-3-5-10(6-4-9)7-8-11/h3-6,11H,1-2,7-8H2. The van der Waals surface area contributed by atoms with E-state index < -0.39 is 0 Å². The highest BCUT2D eigenvalue weighted by molar-refractivity contribution is 5.22. The lowest BCUT2D eigenvalue weighted by molar-refractivity contribution is 0.299. The molecule has 1 rings (SSSR count). The lowest BCUT2D eigenvalue weighted by atomic mass is 10.1. The Morgan fingerprint density at radius 3 is 2.09 bits per heavy atom. The van der Waals surface area contributed by atoms with Gasteiger partial charge in [-0.25, -0.2) is 0 Å². The average Bonchev–Trinajstić information content (AvgIpc) is 2.07. The molecule has 0 unspecified atom stereocenters. The van der Waals surface area contributed by atoms with E-state index in [-0.39, 0.29) is 6.61 Å². The summed E-state index contributed by atoms with van der Waals surface area (Å²) in [5, 5.41) is 8.63. The van der Waals surface area contributed by atoms with Crippen LogP contribution in [0.4, 0.5) is 0 Å². The van der Waals surface area contributed by atoms with Crippen LogP contribution < -0.4 is 0 Å². The second-order valence-corrected chi connectivity index (χ2v) is 2.54. The van der Waals surface area contributed by atoms with Gasteiger partial charge < -0.3 is 5.11 Å². The molecule has 1 heteroatoms. The van der Waals surface area contributed by atoms with Gasteiger partial charge in [0.15, 0.2) is 0 Å². The molecule has 11 heavy (non-hydrogen) atoms. The molecule has 0 aliphatic heterocycles. The Hall–Kier alpha value is -0.820. The van der Waals surface area contributed by atoms with E-state index in [2.05, 4.69) is 19.1 Å². The van der Waals surface area contributed by atoms with Crippen LogP contribution >= 0.6 is 0 Å². The number of aliphatic hydroxyl groups excluding tert-OH is 1. The maximum absolute atomic E-state index is 8.63. The summed E-state index contributed by atoms with van der Waals surface area (Å²) in [5.74, 6) is 0. The molecule has 1 aromatic carbocycles. The van der Waals surface area contributed by atoms with E-state index in [0.717, 1.165) is 12.8 Å². The maximum Gasteiger partial charge on any atom is 0.0471 e. The molecule has 0 fully saturated rings. The van der Waals surface area contributed by atoms with E-state index in [1.807, 2.05) is 12.1 Å². The van der Waals surface area contributed by atoms with Gasteiger partial charge in [0.1, 0.15) is 0 Å². The Bertz CT molecular complexity index is 201. The molecule has 1 N–H and O–H groups in total. The van der Waals surface area contributed by atoms with Crippen molar-refractivity contribution in [2.45, 2.75) is 12.8 Å². The van der Waals surface area contributed by atoms with Gasteiger partial charge in [-0.2, -0.15) is 0 Å². The molecule has 1 radical (unpaired) electrons. The minimum atomic E-state index is 0.226. The molecule has 0 aliphatic carbocycles. The Kier molecular flexibility index (Phi) is 3.12. The number of hydrogen-bond donors (Lipinski definition) is 1. The third-order valence-electron chi connectivity index (χ3n) is 1.71. The van der Waals surface area contributed by atoms with E-state index in [4.69, 9.17) is 5.11 Å². The van der Waals surface area contributed by atoms with Crippen LogP contribution in [-0.4, -0.2) is 11.7 Å². The zero-order valence-corrected chi connectivity index (χ0v) is 6.59. The Balaban J connectivity index is 2.66. The van der Waals surface area contributed by atoms with Gasteiger partial charge in [0, 0.05) is 6.61 Å². The summed E-state index contributed by atoms with van der Waals surface area (Å²) in [6, 6.07) is 8.18. The largest absolute Gasteiger partial charge is 0.396 e. The first-order valence-corrected chi connectivity index (χ1v) is 3.84. The number of hydrogen-bond acceptors (Lipinski definition) is 1. The minimum absolute atomic E-state index is 0.226. The molecule has 0 aliphatic rings. The third-order valence-corrected chi connectivity index (χ3v) is 1.71. The minimum Gasteiger partial charge on any atom is -0.396 e. The second kappa shape index (κ2) is 4.14. The van der Waals surface area contributed by atoms with Gasteiger partial charge in [0.05, 0.1) is 0 Å². The van der Waals surface area contributed by atoms with E-state index in [9.17, 15) is 0 Å². The smallest absolute Gasteiger partial charge is 0.0471 e. The van der Waals surface area contributed by atoms with Crippen LogP contribution in [-0.2, 0) is 12.8 Å². The lowest BCUT2D eigenvalue weighted by Gasteiger charge is -1.99. The fourth-order valence-corrected chi connectivity index (χ4v) is 1.00. The summed E-state index contributed by atoms with van der Waals surface area (Å²) < 4.78 is 0. The molecule has 59 valence electrons. The van der Waals surface area contributed by atoms with Gasteiger partial charge in [-0.15, -0.1) is 0 Å². The normalized spacial score (nSPS) is 10.0. The van der Waals surface area contributed by atoms with Gasteiger partial charge in [-0.3, -0.25) is 0 Å². The van der Waals surface area contributed by atoms with Crippen LogP contribution in [0.1, 0.15) is 11.1 Å². The molecule has 0 saturated heterocycles. The van der Waals surface area contributed by atoms with Crippen molar-refractivity contribution >= 4 is 0 Å². The topological polar surface area (TPSA) is 20.2 Å². The maximum atomic E-state index is 8.63. The van der Waals surface area contributed by atoms with Gasteiger partial charge in [0.25, 0.3) is 0 Å². The van der Waals surface area contributed by atoms with Crippen molar-refractivity contribution in [3.63, 3.8) is 0 Å². The fraction of sp³-hybridized carbons (Fsp3) is 0.300. The fourth-order valence-electron chi connectivity index (χ4n) is 1.00. The molecule has 1 aromatic rings. The molecule has 0 heterocycles. The van der Waals surface area contributed by atoms with Gasteiger partial charge in [0.2, 0.25) is 0 Å². The molecule has 0 amide bonds. The summed E-state index contributed by atoms with van der Waals surface area (Å²) in [6.07, 6.45) is 1.58. The summed E-state index contributed by atoms with van der Waals surface area (Å²) in [7, 11) is 0. The lowest BCUT2D eigenvalue weighted by Crippen LogP contribution is -1.90. The third kappa shape index (κ3) is 2.35. The summed E-state index contributed by atoms with van der Waals surface area (Å²) in [6.45, 7) is 4.01. The zero-order valence-electron chi connectivity index (χ0n) is 6.59. The van der Waals surface area contributed by atoms with Crippen LogP contribution in [0.15, 0.2) is 24.3 Å². The molecule has 0 bridgehead atoms. The molecule has 0 aromatic heterocycles. The van der Waals surface area contributed by atoms with Crippen molar-refractivity contribution in [2.75, 3.05) is 6.61 Å². The van der Waals surface area contributed by atoms with Gasteiger partial charge in [-0.05, 0) is 30.9 Å². The molecular formula is C10H13O. The van der Waals surface area contributed by atoms with Crippen molar-refractivity contribution in [1.82, 2.24) is 0 Å². The van der Waals surface area contributed by atoms with Gasteiger partial charge in [-0.1, -0.05) is 24.3 Å². The SMILES string of the molecule is [CH2]Cc1ccc(CCO)cc1. The van der Waals surface area contributed by atoms with Crippen LogP contribution in [0, 0.1) is 6.92 Å². The molecule has 0 atom stereocenters. The average molecular weight is 149 g/mol. The predicted molar refractivity (Wildman–Crippen MR) is 46.3 cm³/mol. The van der Waals surface area contributed by atoms with Crippen LogP contribution in [0.25, 0.3) is 0 Å². The van der Waals surface area contributed by atoms with Gasteiger partial charge >= 0.3 is 0 Å². The van der Waals surface area contributed by atoms with Crippen molar-refractivity contribution in [3.8, 4) is 0 Å². The molecule has 0 saturated carbocycles. The van der Waals surface area contributed by atoms with E-state index in [1.165, 1.54) is 11.1 Å². The summed E-state index contributed by atoms with van der Waals surface area (Å²) >= 11 is 0. The van der Waals surface area contributed by atoms with E-state index in [1.54, 1.807) is 0 Å². The predicted octanol–water partition coefficient (Wildman–Crippen LogP) is 1.60. The van der Waals surface area contributed by atoms with Crippen molar-refractivity contribution in [1.29, 1.82) is 0 Å². The van der Waals surface area contributed by atoms with Crippen molar-refractivity contribution in [3.05, 3.63) is 42.3 Å². The first-order valence-electron chi connectivity index (χ1n) is 3.84. The number of benzene rings is 1. The van der Waals surface area contributed by atoms with Crippen LogP contribution in [0.3, 0.4) is 0 Å². The second-order valence-electron chi connectivity index (χ2n) is 2.54. The Labute approximate surface area is 67.7 Å². The zero-order chi connectivity index (χ0) is 8.10.